The van der Waals surface area contributed by atoms with Gasteiger partial charge in [-0.15, -0.1) is 0 Å². The van der Waals surface area contributed by atoms with Crippen LogP contribution in [-0.2, 0) is 9.59 Å². The Morgan fingerprint density at radius 1 is 1.00 bits per heavy atom. The topological polar surface area (TPSA) is 52.7 Å². The molecule has 0 bridgehead atoms. The Labute approximate surface area is 124 Å². The van der Waals surface area contributed by atoms with Gasteiger partial charge in [0.05, 0.1) is 13.1 Å². The molecule has 2 heterocycles. The minimum Gasteiger partial charge on any atom is -0.353 e. The summed E-state index contributed by atoms with van der Waals surface area (Å²) in [5.41, 5.74) is 2.30. The number of nitrogens with zero attached hydrogens (tertiary/aromatic N) is 2. The van der Waals surface area contributed by atoms with Crippen molar-refractivity contribution in [3.63, 3.8) is 0 Å². The van der Waals surface area contributed by atoms with E-state index in [1.54, 1.807) is 7.05 Å². The third-order valence-electron chi connectivity index (χ3n) is 4.47. The molecule has 0 radical (unpaired) electrons. The largest absolute Gasteiger partial charge is 0.353 e. The lowest BCUT2D eigenvalue weighted by Gasteiger charge is -2.32. The van der Waals surface area contributed by atoms with Crippen LogP contribution >= 0.6 is 0 Å². The smallest absolute Gasteiger partial charge is 0.248 e. The average molecular weight is 287 g/mol. The number of piperidine rings is 1. The molecule has 21 heavy (non-hydrogen) atoms. The molecule has 5 nitrogen and oxygen atoms in total. The van der Waals surface area contributed by atoms with E-state index < -0.39 is 0 Å². The molecule has 2 aliphatic heterocycles. The number of nitrogens with one attached hydrogen (secondary N) is 1. The third-order valence-corrected chi connectivity index (χ3v) is 4.47. The first-order valence-electron chi connectivity index (χ1n) is 7.50. The van der Waals surface area contributed by atoms with Crippen molar-refractivity contribution in [1.29, 1.82) is 0 Å². The minimum atomic E-state index is -0.145. The second-order valence-electron chi connectivity index (χ2n) is 5.82. The molecule has 1 N–H and O–H groups in total. The fourth-order valence-corrected chi connectivity index (χ4v) is 3.03. The first-order chi connectivity index (χ1) is 10.1. The highest BCUT2D eigenvalue weighted by molar-refractivity contribution is 6.02. The Morgan fingerprint density at radius 2 is 1.57 bits per heavy atom. The number of anilines is 1. The first-order valence-corrected chi connectivity index (χ1v) is 7.50. The van der Waals surface area contributed by atoms with Gasteiger partial charge in [-0.25, -0.2) is 0 Å². The number of likely N-dealkylation sites (N-methyl/N-ethyl adjacent to an activating group) is 1. The Kier molecular flexibility index (Phi) is 3.92. The van der Waals surface area contributed by atoms with Gasteiger partial charge in [0.2, 0.25) is 11.8 Å². The summed E-state index contributed by atoms with van der Waals surface area (Å²) in [4.78, 5) is 26.6. The van der Waals surface area contributed by atoms with Crippen LogP contribution in [-0.4, -0.2) is 49.9 Å². The van der Waals surface area contributed by atoms with E-state index in [9.17, 15) is 9.59 Å². The second kappa shape index (κ2) is 5.85. The number of amides is 2. The van der Waals surface area contributed by atoms with Crippen molar-refractivity contribution < 1.29 is 9.59 Å². The number of benzene rings is 1. The molecule has 1 aromatic rings. The average Bonchev–Trinajstić information content (AvgIpc) is 2.53. The molecule has 2 fully saturated rings. The lowest BCUT2D eigenvalue weighted by atomic mass is 9.90. The molecule has 2 saturated heterocycles. The number of hydrogen-bond donors (Lipinski definition) is 1. The van der Waals surface area contributed by atoms with Gasteiger partial charge in [0.1, 0.15) is 0 Å². The van der Waals surface area contributed by atoms with Gasteiger partial charge in [-0.3, -0.25) is 14.5 Å². The van der Waals surface area contributed by atoms with Gasteiger partial charge in [0, 0.05) is 12.7 Å². The molecule has 1 aromatic carbocycles. The Bertz CT molecular complexity index is 517. The van der Waals surface area contributed by atoms with E-state index in [-0.39, 0.29) is 24.9 Å². The van der Waals surface area contributed by atoms with Crippen LogP contribution in [0.3, 0.4) is 0 Å². The van der Waals surface area contributed by atoms with Crippen LogP contribution < -0.4 is 10.2 Å². The summed E-state index contributed by atoms with van der Waals surface area (Å²) < 4.78 is 0. The van der Waals surface area contributed by atoms with Crippen molar-refractivity contribution in [2.45, 2.75) is 18.8 Å². The summed E-state index contributed by atoms with van der Waals surface area (Å²) in [5, 5.41) is 3.37. The summed E-state index contributed by atoms with van der Waals surface area (Å²) in [7, 11) is 1.54. The van der Waals surface area contributed by atoms with E-state index in [2.05, 4.69) is 17.4 Å². The zero-order valence-corrected chi connectivity index (χ0v) is 12.3. The Hall–Kier alpha value is -1.88. The number of rotatable bonds is 2. The maximum Gasteiger partial charge on any atom is 0.248 e. The molecular formula is C16H21N3O2. The minimum absolute atomic E-state index is 0.145. The highest BCUT2D eigenvalue weighted by atomic mass is 16.2. The van der Waals surface area contributed by atoms with Gasteiger partial charge in [-0.05, 0) is 49.5 Å². The van der Waals surface area contributed by atoms with Gasteiger partial charge < -0.3 is 10.2 Å². The van der Waals surface area contributed by atoms with Gasteiger partial charge in [0.25, 0.3) is 0 Å². The normalized spacial score (nSPS) is 21.0. The fraction of sp³-hybridized carbons (Fsp3) is 0.500. The van der Waals surface area contributed by atoms with E-state index >= 15 is 0 Å². The molecule has 0 saturated carbocycles. The monoisotopic (exact) mass is 287 g/mol. The number of hydrogen-bond acceptors (Lipinski definition) is 4. The standard InChI is InChI=1S/C16H21N3O2/c1-18-15(20)10-19(11-16(18)21)14-4-2-12(3-5-14)13-6-8-17-9-7-13/h2-5,13,17H,6-11H2,1H3. The van der Waals surface area contributed by atoms with Crippen molar-refractivity contribution in [1.82, 2.24) is 10.2 Å². The van der Waals surface area contributed by atoms with E-state index in [1.165, 1.54) is 23.3 Å². The molecule has 0 spiro atoms. The van der Waals surface area contributed by atoms with Crippen molar-refractivity contribution >= 4 is 17.5 Å². The molecule has 5 heteroatoms. The predicted molar refractivity (Wildman–Crippen MR) is 81.3 cm³/mol. The van der Waals surface area contributed by atoms with Crippen LogP contribution in [0, 0.1) is 0 Å². The van der Waals surface area contributed by atoms with E-state index in [4.69, 9.17) is 0 Å². The Morgan fingerprint density at radius 3 is 2.14 bits per heavy atom. The first kappa shape index (κ1) is 14.1. The summed E-state index contributed by atoms with van der Waals surface area (Å²) in [5.74, 6) is 0.332. The van der Waals surface area contributed by atoms with Crippen LogP contribution in [0.1, 0.15) is 24.3 Å². The summed E-state index contributed by atoms with van der Waals surface area (Å²) in [6.07, 6.45) is 2.34. The molecule has 0 unspecified atom stereocenters. The lowest BCUT2D eigenvalue weighted by Crippen LogP contribution is -2.52. The van der Waals surface area contributed by atoms with E-state index in [1.807, 2.05) is 17.0 Å². The van der Waals surface area contributed by atoms with Crippen LogP contribution in [0.5, 0.6) is 0 Å². The number of piperazine rings is 1. The lowest BCUT2D eigenvalue weighted by molar-refractivity contribution is -0.143. The zero-order chi connectivity index (χ0) is 14.8. The van der Waals surface area contributed by atoms with Crippen molar-refractivity contribution in [2.75, 3.05) is 38.1 Å². The van der Waals surface area contributed by atoms with Gasteiger partial charge >= 0.3 is 0 Å². The molecule has 3 rings (SSSR count). The molecule has 0 aromatic heterocycles. The number of carbonyl (C=O) groups is 2. The molecular weight excluding hydrogens is 266 g/mol. The van der Waals surface area contributed by atoms with Gasteiger partial charge in [0.15, 0.2) is 0 Å². The molecule has 0 aliphatic carbocycles. The maximum atomic E-state index is 11.8. The van der Waals surface area contributed by atoms with Crippen LogP contribution in [0.2, 0.25) is 0 Å². The van der Waals surface area contributed by atoms with E-state index in [0.29, 0.717) is 5.92 Å². The number of imide groups is 1. The van der Waals surface area contributed by atoms with Crippen molar-refractivity contribution in [3.8, 4) is 0 Å². The summed E-state index contributed by atoms with van der Waals surface area (Å²) in [6.45, 7) is 2.70. The SMILES string of the molecule is CN1C(=O)CN(c2ccc(C3CCNCC3)cc2)CC1=O. The summed E-state index contributed by atoms with van der Waals surface area (Å²) in [6, 6.07) is 8.34. The molecule has 2 amide bonds. The third kappa shape index (κ3) is 2.93. The van der Waals surface area contributed by atoms with Crippen LogP contribution in [0.4, 0.5) is 5.69 Å². The fourth-order valence-electron chi connectivity index (χ4n) is 3.03. The van der Waals surface area contributed by atoms with Crippen molar-refractivity contribution in [2.24, 2.45) is 0 Å². The van der Waals surface area contributed by atoms with Crippen LogP contribution in [0.25, 0.3) is 0 Å². The van der Waals surface area contributed by atoms with Crippen LogP contribution in [0.15, 0.2) is 24.3 Å². The van der Waals surface area contributed by atoms with Gasteiger partial charge in [-0.2, -0.15) is 0 Å². The molecule has 2 aliphatic rings. The number of carbonyl (C=O) groups excluding carboxylic acids is 2. The Balaban J connectivity index is 1.72. The van der Waals surface area contributed by atoms with Gasteiger partial charge in [-0.1, -0.05) is 12.1 Å². The molecule has 112 valence electrons. The molecule has 0 atom stereocenters. The summed E-state index contributed by atoms with van der Waals surface area (Å²) >= 11 is 0. The predicted octanol–water partition coefficient (Wildman–Crippen LogP) is 0.959. The van der Waals surface area contributed by atoms with Crippen molar-refractivity contribution in [3.05, 3.63) is 29.8 Å². The highest BCUT2D eigenvalue weighted by Crippen LogP contribution is 2.27. The maximum absolute atomic E-state index is 11.8. The zero-order valence-electron chi connectivity index (χ0n) is 12.3. The quantitative estimate of drug-likeness (QED) is 0.823. The second-order valence-corrected chi connectivity index (χ2v) is 5.82. The van der Waals surface area contributed by atoms with E-state index in [0.717, 1.165) is 18.8 Å². The highest BCUT2D eigenvalue weighted by Gasteiger charge is 2.28.